The molecule has 1 amide bonds. The molecule has 0 fully saturated rings. The van der Waals surface area contributed by atoms with E-state index in [1.165, 1.54) is 55.2 Å². The zero-order valence-corrected chi connectivity index (χ0v) is 20.4. The molecule has 0 aromatic carbocycles. The summed E-state index contributed by atoms with van der Waals surface area (Å²) in [5, 5.41) is 0. The minimum atomic E-state index is -1.63. The van der Waals surface area contributed by atoms with Gasteiger partial charge in [-0.05, 0) is 0 Å². The van der Waals surface area contributed by atoms with E-state index in [1.54, 1.807) is 3.88 Å². The van der Waals surface area contributed by atoms with E-state index in [2.05, 4.69) is 51.5 Å². The van der Waals surface area contributed by atoms with E-state index >= 15 is 0 Å². The van der Waals surface area contributed by atoms with Crippen molar-refractivity contribution < 1.29 is 22.2 Å². The van der Waals surface area contributed by atoms with Gasteiger partial charge in [-0.15, -0.1) is 0 Å². The predicted molar refractivity (Wildman–Crippen MR) is 110 cm³/mol. The summed E-state index contributed by atoms with van der Waals surface area (Å²) < 4.78 is 5.23. The number of allylic oxidation sites excluding steroid dienone is 4. The van der Waals surface area contributed by atoms with Crippen molar-refractivity contribution in [2.45, 2.75) is 99.1 Å². The number of amides is 1. The second kappa shape index (κ2) is 11.6. The zero-order valence-electron chi connectivity index (χ0n) is 17.7. The van der Waals surface area contributed by atoms with Crippen LogP contribution in [0.1, 0.15) is 86.0 Å². The molecule has 143 valence electrons. The van der Waals surface area contributed by atoms with Crippen molar-refractivity contribution in [3.05, 3.63) is 20.6 Å². The Kier molecular flexibility index (Phi) is 10.6. The van der Waals surface area contributed by atoms with Crippen molar-refractivity contribution in [1.82, 2.24) is 3.80 Å². The molecule has 0 bridgehead atoms. The van der Waals surface area contributed by atoms with E-state index < -0.39 is 24.0 Å². The number of rotatable bonds is 11. The zero-order chi connectivity index (χ0) is 19.0. The molecule has 0 saturated heterocycles. The summed E-state index contributed by atoms with van der Waals surface area (Å²) in [4.78, 5) is 12.5. The van der Waals surface area contributed by atoms with E-state index in [0.717, 1.165) is 12.8 Å². The molecule has 0 aliphatic heterocycles. The Morgan fingerprint density at radius 3 is 2.04 bits per heavy atom. The number of carbonyl (C=O) groups is 1. The number of hydrogen-bond acceptors (Lipinski definition) is 1. The van der Waals surface area contributed by atoms with Crippen molar-refractivity contribution >= 4 is 12.6 Å². The first-order valence-electron chi connectivity index (χ1n) is 10.4. The van der Waals surface area contributed by atoms with Gasteiger partial charge < -0.3 is 0 Å². The fourth-order valence-electron chi connectivity index (χ4n) is 3.78. The number of unbranched alkanes of at least 4 members (excludes halogenated alkanes) is 6. The molecule has 1 N–H and O–H groups in total. The Balaban J connectivity index is 2.50. The number of nitrogens with one attached hydrogen (secondary N) is 1. The molecule has 0 heterocycles. The summed E-state index contributed by atoms with van der Waals surface area (Å²) in [6.45, 7) is 15.4. The van der Waals surface area contributed by atoms with Crippen molar-refractivity contribution in [2.75, 3.05) is 0 Å². The summed E-state index contributed by atoms with van der Waals surface area (Å²) in [7, 11) is 0. The predicted octanol–water partition coefficient (Wildman–Crippen LogP) is 6.02. The molecule has 1 aliphatic rings. The van der Waals surface area contributed by atoms with Crippen molar-refractivity contribution in [1.29, 1.82) is 0 Å². The van der Waals surface area contributed by atoms with E-state index in [-0.39, 0.29) is 0 Å². The molecule has 0 radical (unpaired) electrons. The van der Waals surface area contributed by atoms with Gasteiger partial charge in [0.25, 0.3) is 0 Å². The van der Waals surface area contributed by atoms with Crippen LogP contribution >= 0.6 is 0 Å². The molecular formula is C21H40NOSiTi. The Labute approximate surface area is 163 Å². The van der Waals surface area contributed by atoms with Crippen molar-refractivity contribution in [3.8, 4) is 0 Å². The normalized spacial score (nSPS) is 17.7. The van der Waals surface area contributed by atoms with Crippen molar-refractivity contribution in [3.63, 3.8) is 0 Å². The van der Waals surface area contributed by atoms with Gasteiger partial charge >= 0.3 is 164 Å². The van der Waals surface area contributed by atoms with Crippen LogP contribution in [0.2, 0.25) is 13.1 Å². The van der Waals surface area contributed by atoms with Crippen LogP contribution in [0.3, 0.4) is 0 Å². The van der Waals surface area contributed by atoms with Gasteiger partial charge in [-0.25, -0.2) is 0 Å². The van der Waals surface area contributed by atoms with Gasteiger partial charge in [0, 0.05) is 0 Å². The van der Waals surface area contributed by atoms with Crippen LogP contribution in [0.4, 0.5) is 0 Å². The molecule has 4 heteroatoms. The first-order valence-corrected chi connectivity index (χ1v) is 17.5. The quantitative estimate of drug-likeness (QED) is 0.335. The summed E-state index contributed by atoms with van der Waals surface area (Å²) in [6, 6.07) is 0. The third-order valence-corrected chi connectivity index (χ3v) is 17.3. The third-order valence-electron chi connectivity index (χ3n) is 5.79. The molecule has 25 heavy (non-hydrogen) atoms. The van der Waals surface area contributed by atoms with Gasteiger partial charge in [0.2, 0.25) is 0 Å². The maximum atomic E-state index is 12.5. The van der Waals surface area contributed by atoms with Gasteiger partial charge in [0.1, 0.15) is 0 Å². The van der Waals surface area contributed by atoms with Crippen LogP contribution in [0, 0.1) is 5.92 Å². The molecule has 0 aromatic heterocycles. The number of hydrogen-bond donors (Lipinski definition) is 1. The first kappa shape index (κ1) is 22.9. The van der Waals surface area contributed by atoms with Crippen LogP contribution in [0.15, 0.2) is 20.6 Å². The van der Waals surface area contributed by atoms with Gasteiger partial charge in [0.05, 0.1) is 0 Å². The maximum absolute atomic E-state index is 12.5. The van der Waals surface area contributed by atoms with Crippen LogP contribution in [0.5, 0.6) is 0 Å². The van der Waals surface area contributed by atoms with E-state index in [1.807, 2.05) is 0 Å². The monoisotopic (exact) mass is 398 g/mol. The van der Waals surface area contributed by atoms with Crippen molar-refractivity contribution in [2.24, 2.45) is 5.92 Å². The summed E-state index contributed by atoms with van der Waals surface area (Å²) in [6.07, 6.45) is 9.65. The van der Waals surface area contributed by atoms with Crippen LogP contribution in [-0.2, 0) is 22.2 Å². The first-order chi connectivity index (χ1) is 11.8. The Morgan fingerprint density at radius 1 is 1.00 bits per heavy atom. The van der Waals surface area contributed by atoms with Crippen LogP contribution < -0.4 is 3.80 Å². The van der Waals surface area contributed by atoms with E-state index in [0.29, 0.717) is 11.8 Å². The number of carbonyl (C=O) groups excluding carboxylic acids is 1. The molecule has 1 unspecified atom stereocenters. The van der Waals surface area contributed by atoms with Gasteiger partial charge in [-0.1, -0.05) is 0 Å². The molecule has 1 atom stereocenters. The standard InChI is InChI=1S/C10H21NO.C9H13.C2H7Si.Ti/c1-2-3-4-5-6-7-8-9-10(11)12;1-6-5-7(2)9(4)8(6)3;1-3-2;/h2-9H2,1H3,(H2,11,12);6H,1-4H3;3H,1-2H3;/q;;;+1/p-1. The fourth-order valence-corrected chi connectivity index (χ4v) is 14.4. The summed E-state index contributed by atoms with van der Waals surface area (Å²) in [5.41, 5.74) is 4.49. The second-order valence-corrected chi connectivity index (χ2v) is 20.7. The average molecular weight is 399 g/mol. The molecule has 1 aliphatic carbocycles. The topological polar surface area (TPSA) is 29.1 Å². The average Bonchev–Trinajstić information content (AvgIpc) is 2.75. The molecule has 0 aromatic rings. The van der Waals surface area contributed by atoms with Gasteiger partial charge in [-0.2, -0.15) is 0 Å². The minimum absolute atomic E-state index is 0.333. The molecule has 2 nitrogen and oxygen atoms in total. The summed E-state index contributed by atoms with van der Waals surface area (Å²) in [5.74, 6) is 0.892. The van der Waals surface area contributed by atoms with Gasteiger partial charge in [-0.3, -0.25) is 0 Å². The van der Waals surface area contributed by atoms with Gasteiger partial charge in [0.15, 0.2) is 0 Å². The van der Waals surface area contributed by atoms with E-state index in [9.17, 15) is 4.79 Å². The van der Waals surface area contributed by atoms with E-state index in [4.69, 9.17) is 0 Å². The Bertz CT molecular complexity index is 510. The Hall–Kier alpha value is -0.119. The molecule has 0 saturated carbocycles. The van der Waals surface area contributed by atoms with Crippen LogP contribution in [0.25, 0.3) is 0 Å². The van der Waals surface area contributed by atoms with Crippen LogP contribution in [-0.4, -0.2) is 12.6 Å². The third kappa shape index (κ3) is 6.84. The fraction of sp³-hybridized carbons (Fsp3) is 0.762. The molecular weight excluding hydrogens is 358 g/mol. The Morgan fingerprint density at radius 2 is 1.56 bits per heavy atom. The SMILES string of the molecule is CCCCCCCCCC(=O)[NH][Ti]([C]1=C(C)C(C)=C(C)C1C)[SiH](C)C. The molecule has 1 rings (SSSR count). The molecule has 0 spiro atoms. The second-order valence-electron chi connectivity index (χ2n) is 8.06. The summed E-state index contributed by atoms with van der Waals surface area (Å²) >= 11 is -1.63.